The lowest BCUT2D eigenvalue weighted by Crippen LogP contribution is -2.03. The van der Waals surface area contributed by atoms with Crippen LogP contribution in [-0.2, 0) is 9.53 Å². The van der Waals surface area contributed by atoms with Gasteiger partial charge in [0.2, 0.25) is 0 Å². The van der Waals surface area contributed by atoms with Crippen LogP contribution < -0.4 is 0 Å². The average molecular weight is 213 g/mol. The van der Waals surface area contributed by atoms with Crippen molar-refractivity contribution in [3.05, 3.63) is 29.3 Å². The molecule has 0 aliphatic heterocycles. The predicted molar refractivity (Wildman–Crippen MR) is 52.9 cm³/mol. The van der Waals surface area contributed by atoms with E-state index < -0.39 is 5.97 Å². The van der Waals surface area contributed by atoms with Crippen molar-refractivity contribution in [1.29, 1.82) is 0 Å². The number of ether oxygens (including phenoxy) is 1. The molecule has 0 unspecified atom stereocenters. The van der Waals surface area contributed by atoms with Gasteiger partial charge in [0, 0.05) is 0 Å². The minimum absolute atomic E-state index is 0.0955. The van der Waals surface area contributed by atoms with Crippen LogP contribution >= 0.6 is 11.6 Å². The van der Waals surface area contributed by atoms with Gasteiger partial charge in [0.1, 0.15) is 5.69 Å². The molecule has 1 rings (SSSR count). The Morgan fingerprint density at radius 2 is 2.21 bits per heavy atom. The van der Waals surface area contributed by atoms with E-state index in [0.717, 1.165) is 0 Å². The van der Waals surface area contributed by atoms with Gasteiger partial charge < -0.3 is 4.74 Å². The summed E-state index contributed by atoms with van der Waals surface area (Å²) < 4.78 is 4.39. The summed E-state index contributed by atoms with van der Waals surface area (Å²) in [6.07, 6.45) is 0. The van der Waals surface area contributed by atoms with Gasteiger partial charge in [-0.3, -0.25) is 0 Å². The lowest BCUT2D eigenvalue weighted by molar-refractivity contribution is -0.138. The van der Waals surface area contributed by atoms with E-state index in [1.807, 2.05) is 0 Å². The van der Waals surface area contributed by atoms with Crippen molar-refractivity contribution in [3.8, 4) is 0 Å². The lowest BCUT2D eigenvalue weighted by atomic mass is 10.3. The molecule has 0 atom stereocenters. The molecule has 0 N–H and O–H groups in total. The van der Waals surface area contributed by atoms with E-state index in [-0.39, 0.29) is 6.54 Å². The van der Waals surface area contributed by atoms with Crippen molar-refractivity contribution < 1.29 is 9.53 Å². The number of rotatable bonds is 3. The summed E-state index contributed by atoms with van der Waals surface area (Å²) in [7, 11) is 1.30. The highest BCUT2D eigenvalue weighted by Gasteiger charge is 1.98. The molecular weight excluding hydrogens is 204 g/mol. The van der Waals surface area contributed by atoms with Crippen LogP contribution in [0.2, 0.25) is 5.02 Å². The van der Waals surface area contributed by atoms with E-state index in [1.54, 1.807) is 24.3 Å². The van der Waals surface area contributed by atoms with Gasteiger partial charge in [-0.1, -0.05) is 23.7 Å². The topological polar surface area (TPSA) is 51.0 Å². The number of methoxy groups -OCH3 is 1. The molecule has 0 aromatic heterocycles. The second-order valence-electron chi connectivity index (χ2n) is 2.43. The Labute approximate surface area is 86.6 Å². The first-order chi connectivity index (χ1) is 6.74. The third kappa shape index (κ3) is 3.14. The molecule has 0 saturated heterocycles. The van der Waals surface area contributed by atoms with Gasteiger partial charge in [-0.2, -0.15) is 10.2 Å². The Balaban J connectivity index is 2.60. The van der Waals surface area contributed by atoms with Gasteiger partial charge in [0.05, 0.1) is 12.1 Å². The minimum Gasteiger partial charge on any atom is -0.468 e. The third-order valence-corrected chi connectivity index (χ3v) is 1.78. The molecule has 1 aromatic carbocycles. The Morgan fingerprint density at radius 3 is 2.86 bits per heavy atom. The normalized spacial score (nSPS) is 10.4. The quantitative estimate of drug-likeness (QED) is 0.571. The van der Waals surface area contributed by atoms with Crippen LogP contribution in [0, 0.1) is 0 Å². The van der Waals surface area contributed by atoms with E-state index in [4.69, 9.17) is 11.6 Å². The third-order valence-electron chi connectivity index (χ3n) is 1.46. The highest BCUT2D eigenvalue weighted by molar-refractivity contribution is 6.32. The summed E-state index contributed by atoms with van der Waals surface area (Å²) in [4.78, 5) is 10.7. The Kier molecular flexibility index (Phi) is 4.07. The molecule has 0 aliphatic carbocycles. The first-order valence-corrected chi connectivity index (χ1v) is 4.30. The zero-order chi connectivity index (χ0) is 10.4. The fourth-order valence-corrected chi connectivity index (χ4v) is 0.940. The minimum atomic E-state index is -0.430. The molecule has 0 saturated carbocycles. The monoisotopic (exact) mass is 212 g/mol. The van der Waals surface area contributed by atoms with E-state index in [9.17, 15) is 4.79 Å². The number of carbonyl (C=O) groups excluding carboxylic acids is 1. The maximum Gasteiger partial charge on any atom is 0.329 e. The maximum atomic E-state index is 10.7. The smallest absolute Gasteiger partial charge is 0.329 e. The SMILES string of the molecule is COC(=O)CN=Nc1ccccc1Cl. The average Bonchev–Trinajstić information content (AvgIpc) is 2.20. The van der Waals surface area contributed by atoms with E-state index in [2.05, 4.69) is 15.0 Å². The van der Waals surface area contributed by atoms with Gasteiger partial charge in [-0.05, 0) is 12.1 Å². The molecule has 0 spiro atoms. The predicted octanol–water partition coefficient (Wildman–Crippen LogP) is 2.60. The summed E-state index contributed by atoms with van der Waals surface area (Å²) in [5.41, 5.74) is 0.540. The molecule has 0 aliphatic rings. The van der Waals surface area contributed by atoms with Gasteiger partial charge in [-0.25, -0.2) is 4.79 Å². The van der Waals surface area contributed by atoms with Crippen LogP contribution in [0.1, 0.15) is 0 Å². The number of nitrogens with zero attached hydrogens (tertiary/aromatic N) is 2. The molecule has 0 amide bonds. The fraction of sp³-hybridized carbons (Fsp3) is 0.222. The molecule has 4 nitrogen and oxygen atoms in total. The van der Waals surface area contributed by atoms with Crippen LogP contribution in [-0.4, -0.2) is 19.6 Å². The second-order valence-corrected chi connectivity index (χ2v) is 2.83. The molecule has 14 heavy (non-hydrogen) atoms. The molecule has 1 aromatic rings. The van der Waals surface area contributed by atoms with Gasteiger partial charge in [-0.15, -0.1) is 0 Å². The summed E-state index contributed by atoms with van der Waals surface area (Å²) in [6, 6.07) is 7.00. The van der Waals surface area contributed by atoms with E-state index in [0.29, 0.717) is 10.7 Å². The van der Waals surface area contributed by atoms with Crippen LogP contribution in [0.5, 0.6) is 0 Å². The van der Waals surface area contributed by atoms with Crippen molar-refractivity contribution in [2.75, 3.05) is 13.7 Å². The zero-order valence-corrected chi connectivity index (χ0v) is 8.36. The van der Waals surface area contributed by atoms with Crippen molar-refractivity contribution in [2.45, 2.75) is 0 Å². The summed E-state index contributed by atoms with van der Waals surface area (Å²) in [6.45, 7) is -0.0955. The number of hydrogen-bond donors (Lipinski definition) is 0. The highest BCUT2D eigenvalue weighted by atomic mass is 35.5. The van der Waals surface area contributed by atoms with Crippen molar-refractivity contribution in [1.82, 2.24) is 0 Å². The molecule has 74 valence electrons. The first kappa shape index (κ1) is 10.7. The number of carbonyl (C=O) groups is 1. The van der Waals surface area contributed by atoms with Gasteiger partial charge in [0.25, 0.3) is 0 Å². The van der Waals surface area contributed by atoms with Gasteiger partial charge >= 0.3 is 5.97 Å². The number of hydrogen-bond acceptors (Lipinski definition) is 4. The van der Waals surface area contributed by atoms with Gasteiger partial charge in [0.15, 0.2) is 6.54 Å². The molecule has 0 heterocycles. The Bertz CT molecular complexity index is 352. The van der Waals surface area contributed by atoms with Crippen molar-refractivity contribution in [2.24, 2.45) is 10.2 Å². The summed E-state index contributed by atoms with van der Waals surface area (Å²) in [5, 5.41) is 7.93. The number of halogens is 1. The van der Waals surface area contributed by atoms with E-state index >= 15 is 0 Å². The maximum absolute atomic E-state index is 10.7. The Hall–Kier alpha value is -1.42. The fourth-order valence-electron chi connectivity index (χ4n) is 0.767. The van der Waals surface area contributed by atoms with Crippen LogP contribution in [0.25, 0.3) is 0 Å². The van der Waals surface area contributed by atoms with Crippen molar-refractivity contribution >= 4 is 23.3 Å². The first-order valence-electron chi connectivity index (χ1n) is 3.93. The van der Waals surface area contributed by atoms with Crippen LogP contribution in [0.15, 0.2) is 34.5 Å². The summed E-state index contributed by atoms with van der Waals surface area (Å²) in [5.74, 6) is -0.430. The molecular formula is C9H9ClN2O2. The number of azo groups is 1. The highest BCUT2D eigenvalue weighted by Crippen LogP contribution is 2.23. The second kappa shape index (κ2) is 5.34. The zero-order valence-electron chi connectivity index (χ0n) is 7.61. The van der Waals surface area contributed by atoms with Crippen molar-refractivity contribution in [3.63, 3.8) is 0 Å². The Morgan fingerprint density at radius 1 is 1.50 bits per heavy atom. The summed E-state index contributed by atoms with van der Waals surface area (Å²) >= 11 is 5.80. The number of benzene rings is 1. The van der Waals surface area contributed by atoms with E-state index in [1.165, 1.54) is 7.11 Å². The standard InChI is InChI=1S/C9H9ClN2O2/c1-14-9(13)6-11-12-8-5-3-2-4-7(8)10/h2-5H,6H2,1H3. The molecule has 0 bridgehead atoms. The number of esters is 1. The molecule has 0 fully saturated rings. The van der Waals surface area contributed by atoms with Crippen LogP contribution in [0.3, 0.4) is 0 Å². The molecule has 5 heteroatoms. The lowest BCUT2D eigenvalue weighted by Gasteiger charge is -1.95. The largest absolute Gasteiger partial charge is 0.468 e. The molecule has 0 radical (unpaired) electrons. The van der Waals surface area contributed by atoms with Crippen LogP contribution in [0.4, 0.5) is 5.69 Å².